The Morgan fingerprint density at radius 2 is 0.667 bits per heavy atom. The van der Waals surface area contributed by atoms with Crippen LogP contribution in [0, 0.1) is 0 Å². The molecule has 0 atom stereocenters. The first-order valence-corrected chi connectivity index (χ1v) is 30.0. The molecule has 5 heterocycles. The molecule has 0 unspecified atom stereocenters. The van der Waals surface area contributed by atoms with Gasteiger partial charge in [-0.15, -0.1) is 0 Å². The van der Waals surface area contributed by atoms with E-state index in [1.807, 2.05) is 94.9 Å². The number of hydrogen-bond acceptors (Lipinski definition) is 30. The lowest BCUT2D eigenvalue weighted by atomic mass is 10.1. The zero-order valence-electron chi connectivity index (χ0n) is 49.8. The Labute approximate surface area is 573 Å². The van der Waals surface area contributed by atoms with Crippen molar-refractivity contribution in [1.82, 2.24) is 74.8 Å². The molecule has 488 valence electrons. The van der Waals surface area contributed by atoms with Crippen molar-refractivity contribution in [1.29, 1.82) is 0 Å². The summed E-state index contributed by atoms with van der Waals surface area (Å²) < 4.78 is 0. The predicted molar refractivity (Wildman–Crippen MR) is 378 cm³/mol. The van der Waals surface area contributed by atoms with Gasteiger partial charge < -0.3 is 82.3 Å². The van der Waals surface area contributed by atoms with E-state index in [4.69, 9.17) is 139 Å². The molecular weight excluding hydrogens is 1360 g/mol. The van der Waals surface area contributed by atoms with E-state index in [0.29, 0.717) is 103 Å². The van der Waals surface area contributed by atoms with Gasteiger partial charge in [-0.25, -0.2) is 0 Å². The van der Waals surface area contributed by atoms with E-state index < -0.39 is 0 Å². The molecule has 0 amide bonds. The van der Waals surface area contributed by atoms with Gasteiger partial charge in [0.1, 0.15) is 0 Å². The highest BCUT2D eigenvalue weighted by Crippen LogP contribution is 2.27. The summed E-state index contributed by atoms with van der Waals surface area (Å²) in [6.45, 7) is 2.37. The minimum absolute atomic E-state index is 0.0417. The van der Waals surface area contributed by atoms with Crippen LogP contribution in [0.25, 0.3) is 0 Å². The summed E-state index contributed by atoms with van der Waals surface area (Å²) in [5.74, 6) is 3.67. The van der Waals surface area contributed by atoms with Crippen molar-refractivity contribution in [2.45, 2.75) is 25.9 Å². The lowest BCUT2D eigenvalue weighted by Crippen LogP contribution is -2.17. The van der Waals surface area contributed by atoms with Gasteiger partial charge in [-0.2, -0.15) is 74.8 Å². The van der Waals surface area contributed by atoms with E-state index >= 15 is 0 Å². The average molecular weight is 1430 g/mol. The zero-order chi connectivity index (χ0) is 67.7. The highest BCUT2D eigenvalue weighted by Gasteiger charge is 2.10. The van der Waals surface area contributed by atoms with Gasteiger partial charge in [0, 0.05) is 70.1 Å². The molecule has 0 saturated carbocycles. The van der Waals surface area contributed by atoms with Crippen LogP contribution in [0.4, 0.5) is 94.9 Å². The van der Waals surface area contributed by atoms with Gasteiger partial charge in [0.05, 0.1) is 30.1 Å². The van der Waals surface area contributed by atoms with Crippen LogP contribution in [0.5, 0.6) is 0 Å². The molecule has 5 aromatic carbocycles. The Morgan fingerprint density at radius 1 is 0.312 bits per heavy atom. The highest BCUT2D eigenvalue weighted by molar-refractivity contribution is 6.43. The second kappa shape index (κ2) is 35.9. The highest BCUT2D eigenvalue weighted by atomic mass is 35.5. The van der Waals surface area contributed by atoms with Crippen LogP contribution in [0.1, 0.15) is 22.3 Å². The van der Waals surface area contributed by atoms with Crippen molar-refractivity contribution < 1.29 is 0 Å². The van der Waals surface area contributed by atoms with Crippen LogP contribution in [-0.4, -0.2) is 116 Å². The van der Waals surface area contributed by atoms with E-state index in [1.54, 1.807) is 46.2 Å². The summed E-state index contributed by atoms with van der Waals surface area (Å²) in [6, 6.07) is 31.1. The molecule has 0 bridgehead atoms. The number of nitrogen functional groups attached to an aromatic ring is 8. The maximum absolute atomic E-state index is 5.94. The average Bonchev–Trinajstić information content (AvgIpc) is 2.61. The molecule has 0 radical (unpaired) electrons. The van der Waals surface area contributed by atoms with Crippen LogP contribution >= 0.6 is 92.8 Å². The Morgan fingerprint density at radius 3 is 1.11 bits per heavy atom. The smallest absolute Gasteiger partial charge is 0.233 e. The fraction of sp³-hybridized carbons (Fsp3) is 0.182. The van der Waals surface area contributed by atoms with Crippen molar-refractivity contribution in [3.63, 3.8) is 0 Å². The first-order valence-electron chi connectivity index (χ1n) is 27.0. The molecule has 0 saturated heterocycles. The number of benzene rings is 5. The monoisotopic (exact) mass is 1420 g/mol. The van der Waals surface area contributed by atoms with Gasteiger partial charge in [0.25, 0.3) is 0 Å². The molecule has 0 fully saturated rings. The lowest BCUT2D eigenvalue weighted by molar-refractivity contribution is 0.935. The topological polar surface area (TPSA) is 468 Å². The number of nitrogens with one attached hydrogen (secondary N) is 5. The molecule has 0 spiro atoms. The largest absolute Gasteiger partial charge is 0.368 e. The number of rotatable bonds is 18. The van der Waals surface area contributed by atoms with Crippen molar-refractivity contribution in [3.8, 4) is 0 Å². The number of halogens is 8. The van der Waals surface area contributed by atoms with Crippen molar-refractivity contribution in [3.05, 3.63) is 166 Å². The SMILES string of the molecule is CN(C)c1nc(N)nc(NCCc2cccc(Cl)c2)n1.CN(C)c1nc(N)nc(NCc2ccc(Cl)cc2)n1.Nc1nc(N)nc(NCCc2ccc(Cl)c(Cl)c2)n1.Nc1nc(N)nc(NCc2ccc(Cl)c(Cl)c2)n1.Nc1nc(N)nc(Nc2ccc(Cl)c(Cl)c2)n1. The molecule has 93 heavy (non-hydrogen) atoms. The van der Waals surface area contributed by atoms with E-state index in [-0.39, 0.29) is 53.5 Å². The summed E-state index contributed by atoms with van der Waals surface area (Å²) in [6.07, 6.45) is 1.56. The molecule has 30 nitrogen and oxygen atoms in total. The number of anilines is 16. The van der Waals surface area contributed by atoms with Crippen molar-refractivity contribution in [2.75, 3.05) is 124 Å². The number of nitrogens with two attached hydrogens (primary N) is 8. The fourth-order valence-electron chi connectivity index (χ4n) is 7.10. The Kier molecular flexibility index (Phi) is 28.0. The van der Waals surface area contributed by atoms with Crippen LogP contribution in [-0.2, 0) is 25.9 Å². The molecule has 21 N–H and O–H groups in total. The van der Waals surface area contributed by atoms with Gasteiger partial charge in [-0.05, 0) is 102 Å². The molecule has 38 heteroatoms. The van der Waals surface area contributed by atoms with Crippen LogP contribution in [0.3, 0.4) is 0 Å². The minimum Gasteiger partial charge on any atom is -0.368 e. The third-order valence-electron chi connectivity index (χ3n) is 11.3. The van der Waals surface area contributed by atoms with E-state index in [9.17, 15) is 0 Å². The van der Waals surface area contributed by atoms with E-state index in [0.717, 1.165) is 40.1 Å². The maximum atomic E-state index is 5.94. The summed E-state index contributed by atoms with van der Waals surface area (Å²) in [4.78, 5) is 62.6. The van der Waals surface area contributed by atoms with Crippen molar-refractivity contribution in [2.24, 2.45) is 0 Å². The standard InChI is InChI=1S/C13H17ClN6.C12H15ClN6.C11H12Cl2N6.C10H10Cl2N6.C9H8Cl2N6/c1-20(2)13-18-11(15)17-12(19-13)16-7-6-9-4-3-5-10(14)8-9;1-19(2)12-17-10(14)16-11(18-12)15-7-8-3-5-9(13)6-4-8;12-7-2-1-6(5-8(7)13)3-4-16-11-18-9(14)17-10(15)19-11;11-6-2-1-5(3-7(6)12)4-15-10-17-8(13)16-9(14)18-10;10-5-2-1-4(3-6(5)11)14-9-16-7(12)15-8(13)17-9/h3-5,8H,6-7H2,1-2H3,(H3,15,16,17,18,19);3-6H,7H2,1-2H3,(H3,14,15,16,17,18);1-2,5H,3-4H2,(H5,14,15,16,17,18,19);1-3H,4H2,(H5,13,14,15,16,17,18);1-3H,(H5,12,13,14,15,16,17). The molecule has 0 aliphatic carbocycles. The zero-order valence-corrected chi connectivity index (χ0v) is 55.9. The Bertz CT molecular complexity index is 4000. The van der Waals surface area contributed by atoms with Gasteiger partial charge in [0.2, 0.25) is 89.2 Å². The van der Waals surface area contributed by atoms with Gasteiger partial charge >= 0.3 is 0 Å². The number of hydrogen-bond donors (Lipinski definition) is 13. The second-order valence-corrected chi connectivity index (χ2v) is 22.4. The minimum atomic E-state index is 0.0417. The Balaban J connectivity index is 0.000000185. The summed E-state index contributed by atoms with van der Waals surface area (Å²) in [7, 11) is 7.39. The first kappa shape index (κ1) is 72.5. The predicted octanol–water partition coefficient (Wildman–Crippen LogP) is 9.65. The third kappa shape index (κ3) is 25.9. The van der Waals surface area contributed by atoms with Crippen molar-refractivity contribution >= 4 is 188 Å². The fourth-order valence-corrected chi connectivity index (χ4v) is 8.38. The molecule has 0 aliphatic heterocycles. The normalized spacial score (nSPS) is 10.3. The maximum Gasteiger partial charge on any atom is 0.233 e. The summed E-state index contributed by atoms with van der Waals surface area (Å²) >= 11 is 46.9. The van der Waals surface area contributed by atoms with Crippen LogP contribution < -0.4 is 82.3 Å². The van der Waals surface area contributed by atoms with Gasteiger partial charge in [-0.3, -0.25) is 0 Å². The summed E-state index contributed by atoms with van der Waals surface area (Å²) in [5, 5.41) is 19.5. The summed E-state index contributed by atoms with van der Waals surface area (Å²) in [5.41, 5.74) is 48.9. The molecule has 10 rings (SSSR count). The second-order valence-electron chi connectivity index (χ2n) is 19.1. The third-order valence-corrected chi connectivity index (χ3v) is 14.0. The number of aromatic nitrogens is 15. The quantitative estimate of drug-likeness (QED) is 0.0380. The van der Waals surface area contributed by atoms with E-state index in [2.05, 4.69) is 101 Å². The van der Waals surface area contributed by atoms with Gasteiger partial charge in [-0.1, -0.05) is 129 Å². The molecule has 0 aliphatic rings. The molecule has 10 aromatic rings. The van der Waals surface area contributed by atoms with Crippen LogP contribution in [0.15, 0.2) is 103 Å². The Hall–Kier alpha value is -9.53. The number of nitrogens with zero attached hydrogens (tertiary/aromatic N) is 17. The first-order chi connectivity index (χ1) is 44.2. The van der Waals surface area contributed by atoms with Crippen LogP contribution in [0.2, 0.25) is 40.2 Å². The molecule has 5 aromatic heterocycles. The lowest BCUT2D eigenvalue weighted by Gasteiger charge is -2.12. The van der Waals surface area contributed by atoms with E-state index in [1.165, 1.54) is 0 Å². The molecular formula is C55H62Cl8N30. The van der Waals surface area contributed by atoms with Gasteiger partial charge in [0.15, 0.2) is 0 Å².